The van der Waals surface area contributed by atoms with Gasteiger partial charge in [0.1, 0.15) is 6.33 Å². The third-order valence-corrected chi connectivity index (χ3v) is 6.17. The maximum Gasteiger partial charge on any atom is 0.158 e. The molecular weight excluding hydrogens is 301 g/mol. The summed E-state index contributed by atoms with van der Waals surface area (Å²) in [6.45, 7) is 3.17. The molecule has 0 amide bonds. The number of aromatic nitrogens is 3. The van der Waals surface area contributed by atoms with Gasteiger partial charge in [-0.3, -0.25) is 0 Å². The van der Waals surface area contributed by atoms with Gasteiger partial charge < -0.3 is 0 Å². The minimum atomic E-state index is -0.661. The molecule has 0 saturated carbocycles. The van der Waals surface area contributed by atoms with Gasteiger partial charge in [0, 0.05) is 14.5 Å². The average Bonchev–Trinajstić information content (AvgIpc) is 3.06. The first-order chi connectivity index (χ1) is 11.4. The lowest BCUT2D eigenvalue weighted by Gasteiger charge is -2.18. The van der Waals surface area contributed by atoms with Crippen molar-refractivity contribution in [3.63, 3.8) is 0 Å². The molecule has 3 rings (SSSR count). The van der Waals surface area contributed by atoms with Gasteiger partial charge in [-0.2, -0.15) is 5.10 Å². The molecule has 0 atom stereocenters. The van der Waals surface area contributed by atoms with Crippen LogP contribution in [0.15, 0.2) is 67.0 Å². The molecule has 1 heterocycles. The molecule has 3 nitrogen and oxygen atoms in total. The average molecular weight is 323 g/mol. The van der Waals surface area contributed by atoms with E-state index in [1.807, 2.05) is 0 Å². The van der Waals surface area contributed by atoms with E-state index in [9.17, 15) is 0 Å². The van der Waals surface area contributed by atoms with Crippen LogP contribution in [0.1, 0.15) is 26.2 Å². The zero-order chi connectivity index (χ0) is 15.9. The first-order valence-corrected chi connectivity index (χ1v) is 9.52. The van der Waals surface area contributed by atoms with Gasteiger partial charge in [0.05, 0.1) is 0 Å². The second-order valence-electron chi connectivity index (χ2n) is 5.50. The first kappa shape index (κ1) is 15.9. The van der Waals surface area contributed by atoms with E-state index >= 15 is 0 Å². The van der Waals surface area contributed by atoms with Crippen LogP contribution in [0.25, 0.3) is 0 Å². The Kier molecular flexibility index (Phi) is 5.55. The van der Waals surface area contributed by atoms with Crippen LogP contribution in [0, 0.1) is 0 Å². The molecule has 0 saturated heterocycles. The molecule has 0 N–H and O–H groups in total. The first-order valence-electron chi connectivity index (χ1n) is 8.18. The number of benzene rings is 2. The summed E-state index contributed by atoms with van der Waals surface area (Å²) in [7, 11) is -0.661. The van der Waals surface area contributed by atoms with Crippen LogP contribution < -0.4 is 16.2 Å². The Morgan fingerprint density at radius 1 is 0.870 bits per heavy atom. The molecule has 0 aliphatic rings. The summed E-state index contributed by atoms with van der Waals surface area (Å²) in [5.74, 6) is 0. The van der Waals surface area contributed by atoms with Crippen molar-refractivity contribution in [1.29, 1.82) is 0 Å². The van der Waals surface area contributed by atoms with Gasteiger partial charge in [-0.15, -0.1) is 0 Å². The molecule has 0 bridgehead atoms. The highest BCUT2D eigenvalue weighted by atomic mass is 31.1. The molecule has 3 aromatic rings. The molecule has 0 spiro atoms. The van der Waals surface area contributed by atoms with Crippen LogP contribution in [0.4, 0.5) is 0 Å². The molecule has 0 unspecified atom stereocenters. The van der Waals surface area contributed by atoms with E-state index in [1.165, 1.54) is 23.5 Å². The van der Waals surface area contributed by atoms with Gasteiger partial charge in [-0.25, -0.2) is 9.67 Å². The lowest BCUT2D eigenvalue weighted by atomic mass is 10.2. The lowest BCUT2D eigenvalue weighted by molar-refractivity contribution is 0.563. The van der Waals surface area contributed by atoms with Crippen molar-refractivity contribution < 1.29 is 0 Å². The number of nitrogens with zero attached hydrogens (tertiary/aromatic N) is 3. The minimum Gasteiger partial charge on any atom is -0.246 e. The van der Waals surface area contributed by atoms with Gasteiger partial charge >= 0.3 is 0 Å². The highest BCUT2D eigenvalue weighted by molar-refractivity contribution is 7.79. The van der Waals surface area contributed by atoms with E-state index in [0.29, 0.717) is 0 Å². The van der Waals surface area contributed by atoms with Crippen LogP contribution >= 0.6 is 7.92 Å². The predicted octanol–water partition coefficient (Wildman–Crippen LogP) is 3.23. The SMILES string of the molecule is CCCCCn1ncnc1P(c1ccccc1)c1ccccc1. The number of rotatable bonds is 7. The Balaban J connectivity index is 1.98. The maximum atomic E-state index is 4.63. The maximum absolute atomic E-state index is 4.63. The van der Waals surface area contributed by atoms with E-state index in [2.05, 4.69) is 82.4 Å². The highest BCUT2D eigenvalue weighted by Crippen LogP contribution is 2.31. The summed E-state index contributed by atoms with van der Waals surface area (Å²) in [5, 5.41) is 7.12. The van der Waals surface area contributed by atoms with Crippen LogP contribution in [0.2, 0.25) is 0 Å². The summed E-state index contributed by atoms with van der Waals surface area (Å²) < 4.78 is 2.10. The van der Waals surface area contributed by atoms with Gasteiger partial charge in [0.25, 0.3) is 0 Å². The molecule has 2 aromatic carbocycles. The third kappa shape index (κ3) is 3.86. The van der Waals surface area contributed by atoms with Crippen LogP contribution in [-0.4, -0.2) is 14.8 Å². The second-order valence-corrected chi connectivity index (χ2v) is 7.60. The summed E-state index contributed by atoms with van der Waals surface area (Å²) in [6, 6.07) is 21.3. The van der Waals surface area contributed by atoms with Gasteiger partial charge in [0.15, 0.2) is 5.57 Å². The molecule has 1 aromatic heterocycles. The second kappa shape index (κ2) is 8.03. The van der Waals surface area contributed by atoms with Crippen LogP contribution in [0.5, 0.6) is 0 Å². The Bertz CT molecular complexity index is 670. The Morgan fingerprint density at radius 3 is 2.04 bits per heavy atom. The zero-order valence-electron chi connectivity index (χ0n) is 13.5. The molecule has 0 aliphatic carbocycles. The number of hydrogen-bond acceptors (Lipinski definition) is 2. The van der Waals surface area contributed by atoms with Crippen molar-refractivity contribution in [3.05, 3.63) is 67.0 Å². The topological polar surface area (TPSA) is 30.7 Å². The molecule has 23 heavy (non-hydrogen) atoms. The fourth-order valence-corrected chi connectivity index (χ4v) is 4.88. The van der Waals surface area contributed by atoms with Crippen molar-refractivity contribution in [2.24, 2.45) is 0 Å². The number of hydrogen-bond donors (Lipinski definition) is 0. The van der Waals surface area contributed by atoms with E-state index < -0.39 is 7.92 Å². The van der Waals surface area contributed by atoms with Crippen LogP contribution in [-0.2, 0) is 6.54 Å². The van der Waals surface area contributed by atoms with Crippen molar-refractivity contribution >= 4 is 24.1 Å². The van der Waals surface area contributed by atoms with E-state index in [4.69, 9.17) is 0 Å². The highest BCUT2D eigenvalue weighted by Gasteiger charge is 2.21. The quantitative estimate of drug-likeness (QED) is 0.494. The molecule has 4 heteroatoms. The van der Waals surface area contributed by atoms with Crippen LogP contribution in [0.3, 0.4) is 0 Å². The minimum absolute atomic E-state index is 0.661. The van der Waals surface area contributed by atoms with Crippen molar-refractivity contribution in [2.75, 3.05) is 0 Å². The molecule has 0 fully saturated rings. The van der Waals surface area contributed by atoms with E-state index in [-0.39, 0.29) is 0 Å². The normalized spacial score (nSPS) is 11.0. The van der Waals surface area contributed by atoms with Crippen molar-refractivity contribution in [1.82, 2.24) is 14.8 Å². The fourth-order valence-electron chi connectivity index (χ4n) is 2.63. The Hall–Kier alpha value is -1.99. The number of unbranched alkanes of at least 4 members (excludes halogenated alkanes) is 2. The summed E-state index contributed by atoms with van der Waals surface area (Å²) in [6.07, 6.45) is 5.30. The number of aryl methyl sites for hydroxylation is 1. The molecule has 0 aliphatic heterocycles. The molecular formula is C19H22N3P. The summed E-state index contributed by atoms with van der Waals surface area (Å²) in [5.41, 5.74) is 1.09. The van der Waals surface area contributed by atoms with Gasteiger partial charge in [0.2, 0.25) is 0 Å². The zero-order valence-corrected chi connectivity index (χ0v) is 14.4. The monoisotopic (exact) mass is 323 g/mol. The van der Waals surface area contributed by atoms with Crippen molar-refractivity contribution in [3.8, 4) is 0 Å². The summed E-state index contributed by atoms with van der Waals surface area (Å²) >= 11 is 0. The Labute approximate surface area is 139 Å². The Morgan fingerprint density at radius 2 is 1.48 bits per heavy atom. The van der Waals surface area contributed by atoms with E-state index in [0.717, 1.165) is 18.5 Å². The summed E-state index contributed by atoms with van der Waals surface area (Å²) in [4.78, 5) is 4.63. The fraction of sp³-hybridized carbons (Fsp3) is 0.263. The van der Waals surface area contributed by atoms with Gasteiger partial charge in [-0.1, -0.05) is 80.4 Å². The van der Waals surface area contributed by atoms with E-state index in [1.54, 1.807) is 6.33 Å². The lowest BCUT2D eigenvalue weighted by Crippen LogP contribution is -2.28. The standard InChI is InChI=1S/C19H22N3P/c1-2-3-10-15-22-19(20-16-21-22)23(17-11-6-4-7-12-17)18-13-8-5-9-14-18/h4-9,11-14,16H,2-3,10,15H2,1H3. The van der Waals surface area contributed by atoms with Gasteiger partial charge in [-0.05, 0) is 17.0 Å². The predicted molar refractivity (Wildman–Crippen MR) is 98.3 cm³/mol. The smallest absolute Gasteiger partial charge is 0.158 e. The molecule has 0 radical (unpaired) electrons. The van der Waals surface area contributed by atoms with Crippen molar-refractivity contribution in [2.45, 2.75) is 32.7 Å². The largest absolute Gasteiger partial charge is 0.246 e. The third-order valence-electron chi connectivity index (χ3n) is 3.80. The molecule has 118 valence electrons.